The Balaban J connectivity index is 1.49. The topological polar surface area (TPSA) is 138 Å². The molecule has 1 atom stereocenters. The van der Waals surface area contributed by atoms with E-state index in [1.165, 1.54) is 17.0 Å². The number of aryl methyl sites for hydroxylation is 1. The van der Waals surface area contributed by atoms with Gasteiger partial charge in [-0.25, -0.2) is 9.97 Å². The SMILES string of the molecule is [2H]c1cc(-c2cccc(-c3cc([C@]4(O)CCN(C)C4=O)on3)n2)[nH]c(=Nc2ccn(C)n2)n1. The minimum absolute atomic E-state index is 0.0143. The molecule has 5 heterocycles. The van der Waals surface area contributed by atoms with Gasteiger partial charge in [-0.15, -0.1) is 0 Å². The second-order valence-corrected chi connectivity index (χ2v) is 7.53. The van der Waals surface area contributed by atoms with Gasteiger partial charge in [-0.3, -0.25) is 9.48 Å². The second kappa shape index (κ2) is 7.54. The van der Waals surface area contributed by atoms with Gasteiger partial charge in [0, 0.05) is 51.6 Å². The minimum atomic E-state index is -1.72. The number of H-pyrrole nitrogens is 1. The van der Waals surface area contributed by atoms with Gasteiger partial charge in [0.05, 0.1) is 18.5 Å². The summed E-state index contributed by atoms with van der Waals surface area (Å²) >= 11 is 0. The largest absolute Gasteiger partial charge is 0.373 e. The lowest BCUT2D eigenvalue weighted by Gasteiger charge is -2.16. The normalized spacial score (nSPS) is 19.6. The zero-order valence-corrected chi connectivity index (χ0v) is 17.3. The van der Waals surface area contributed by atoms with Crippen molar-refractivity contribution in [2.45, 2.75) is 12.0 Å². The molecular formula is C21H20N8O3. The Bertz CT molecular complexity index is 1420. The van der Waals surface area contributed by atoms with Gasteiger partial charge in [-0.2, -0.15) is 10.1 Å². The highest BCUT2D eigenvalue weighted by Crippen LogP contribution is 2.34. The number of carbonyl (C=O) groups is 1. The van der Waals surface area contributed by atoms with Gasteiger partial charge >= 0.3 is 0 Å². The van der Waals surface area contributed by atoms with Crippen molar-refractivity contribution >= 4 is 11.7 Å². The number of hydrogen-bond donors (Lipinski definition) is 2. The van der Waals surface area contributed by atoms with E-state index < -0.39 is 11.5 Å². The Hall–Kier alpha value is -4.12. The van der Waals surface area contributed by atoms with Crippen molar-refractivity contribution < 1.29 is 15.8 Å². The smallest absolute Gasteiger partial charge is 0.262 e. The monoisotopic (exact) mass is 433 g/mol. The summed E-state index contributed by atoms with van der Waals surface area (Å²) < 4.78 is 15.0. The number of likely N-dealkylation sites (tertiary alicyclic amines) is 1. The van der Waals surface area contributed by atoms with E-state index in [4.69, 9.17) is 5.89 Å². The maximum atomic E-state index is 12.3. The molecule has 2 N–H and O–H groups in total. The van der Waals surface area contributed by atoms with E-state index in [9.17, 15) is 9.90 Å². The number of amides is 1. The van der Waals surface area contributed by atoms with Gasteiger partial charge in [0.15, 0.2) is 11.6 Å². The maximum Gasteiger partial charge on any atom is 0.262 e. The number of pyridine rings is 1. The van der Waals surface area contributed by atoms with Crippen LogP contribution in [-0.4, -0.2) is 59.4 Å². The molecule has 0 saturated carbocycles. The van der Waals surface area contributed by atoms with Gasteiger partial charge in [-0.1, -0.05) is 11.2 Å². The van der Waals surface area contributed by atoms with Crippen molar-refractivity contribution in [1.82, 2.24) is 34.8 Å². The fraction of sp³-hybridized carbons (Fsp3) is 0.238. The average Bonchev–Trinajstić information content (AvgIpc) is 3.51. The fourth-order valence-electron chi connectivity index (χ4n) is 3.50. The summed E-state index contributed by atoms with van der Waals surface area (Å²) in [6, 6.07) is 10.1. The number of rotatable bonds is 4. The third-order valence-electron chi connectivity index (χ3n) is 5.26. The van der Waals surface area contributed by atoms with E-state index in [-0.39, 0.29) is 24.0 Å². The van der Waals surface area contributed by atoms with Crippen LogP contribution in [0.4, 0.5) is 5.82 Å². The van der Waals surface area contributed by atoms with Crippen molar-refractivity contribution in [3.8, 4) is 22.8 Å². The number of aromatic nitrogens is 6. The summed E-state index contributed by atoms with van der Waals surface area (Å²) in [4.78, 5) is 29.9. The molecule has 1 saturated heterocycles. The number of aromatic amines is 1. The van der Waals surface area contributed by atoms with Gasteiger partial charge in [0.25, 0.3) is 5.91 Å². The summed E-state index contributed by atoms with van der Waals surface area (Å²) in [6.07, 6.45) is 2.00. The number of hydrogen-bond acceptors (Lipinski definition) is 8. The van der Waals surface area contributed by atoms with Crippen LogP contribution in [-0.2, 0) is 17.4 Å². The molecule has 0 bridgehead atoms. The predicted molar refractivity (Wildman–Crippen MR) is 112 cm³/mol. The molecule has 1 fully saturated rings. The van der Waals surface area contributed by atoms with Crippen molar-refractivity contribution in [3.63, 3.8) is 0 Å². The molecule has 0 spiro atoms. The van der Waals surface area contributed by atoms with Crippen LogP contribution in [0.5, 0.6) is 0 Å². The molecule has 1 amide bonds. The molecule has 32 heavy (non-hydrogen) atoms. The zero-order chi connectivity index (χ0) is 23.2. The van der Waals surface area contributed by atoms with Crippen LogP contribution >= 0.6 is 0 Å². The molecule has 5 rings (SSSR count). The van der Waals surface area contributed by atoms with Crippen LogP contribution < -0.4 is 5.62 Å². The predicted octanol–water partition coefficient (Wildman–Crippen LogP) is 1.14. The summed E-state index contributed by atoms with van der Waals surface area (Å²) in [6.45, 7) is 0.429. The minimum Gasteiger partial charge on any atom is -0.373 e. The van der Waals surface area contributed by atoms with Crippen LogP contribution in [0.25, 0.3) is 22.8 Å². The van der Waals surface area contributed by atoms with Gasteiger partial charge in [-0.05, 0) is 18.2 Å². The first-order chi connectivity index (χ1) is 15.8. The maximum absolute atomic E-state index is 12.3. The van der Waals surface area contributed by atoms with E-state index in [2.05, 4.69) is 30.2 Å². The van der Waals surface area contributed by atoms with Crippen LogP contribution in [0.15, 0.2) is 58.3 Å². The highest BCUT2D eigenvalue weighted by Gasteiger charge is 2.48. The molecule has 1 aliphatic heterocycles. The number of aliphatic hydroxyl groups is 1. The van der Waals surface area contributed by atoms with Crippen molar-refractivity contribution in [2.24, 2.45) is 12.0 Å². The van der Waals surface area contributed by atoms with Crippen LogP contribution in [0.2, 0.25) is 0 Å². The van der Waals surface area contributed by atoms with E-state index in [1.54, 1.807) is 49.2 Å². The fourth-order valence-corrected chi connectivity index (χ4v) is 3.50. The zero-order valence-electron chi connectivity index (χ0n) is 18.3. The number of nitrogens with zero attached hydrogens (tertiary/aromatic N) is 7. The Kier molecular flexibility index (Phi) is 4.39. The summed E-state index contributed by atoms with van der Waals surface area (Å²) in [5.41, 5.74) is 0.407. The Morgan fingerprint density at radius 3 is 2.84 bits per heavy atom. The van der Waals surface area contributed by atoms with E-state index in [0.717, 1.165) is 0 Å². The Labute approximate surface area is 183 Å². The standard InChI is InChI=1S/C21H20N8O3/c1-28-11-8-21(31,19(28)30)17-12-16(27-32-17)14-5-3-4-13(23-14)15-6-9-22-20(24-15)25-18-7-10-29(2)26-18/h3-7,9-10,12,31H,8,11H2,1-2H3,(H,22,24,25,26)/t21-/m1/s1/i9D. The Morgan fingerprint density at radius 2 is 2.09 bits per heavy atom. The lowest BCUT2D eigenvalue weighted by atomic mass is 9.98. The first-order valence-electron chi connectivity index (χ1n) is 10.4. The number of likely N-dealkylation sites (N-methyl/N-ethyl adjacent to an activating group) is 1. The van der Waals surface area contributed by atoms with Crippen molar-refractivity contribution in [3.05, 3.63) is 60.1 Å². The second-order valence-electron chi connectivity index (χ2n) is 7.53. The first kappa shape index (κ1) is 18.6. The van der Waals surface area contributed by atoms with Crippen molar-refractivity contribution in [1.29, 1.82) is 0 Å². The molecule has 11 heteroatoms. The molecule has 0 aliphatic carbocycles. The lowest BCUT2D eigenvalue weighted by Crippen LogP contribution is -2.35. The highest BCUT2D eigenvalue weighted by molar-refractivity contribution is 5.87. The van der Waals surface area contributed by atoms with Gasteiger partial charge in [0.1, 0.15) is 5.69 Å². The van der Waals surface area contributed by atoms with Crippen LogP contribution in [0.1, 0.15) is 13.6 Å². The summed E-state index contributed by atoms with van der Waals surface area (Å²) in [5, 5.41) is 19.0. The molecule has 0 unspecified atom stereocenters. The molecule has 4 aromatic rings. The van der Waals surface area contributed by atoms with Crippen LogP contribution in [0.3, 0.4) is 0 Å². The van der Waals surface area contributed by atoms with Crippen LogP contribution in [0, 0.1) is 0 Å². The van der Waals surface area contributed by atoms with Crippen molar-refractivity contribution in [2.75, 3.05) is 13.6 Å². The Morgan fingerprint density at radius 1 is 1.25 bits per heavy atom. The summed E-state index contributed by atoms with van der Waals surface area (Å²) in [7, 11) is 3.41. The van der Waals surface area contributed by atoms with E-state index in [0.29, 0.717) is 35.1 Å². The molecule has 4 aromatic heterocycles. The van der Waals surface area contributed by atoms with Gasteiger partial charge in [0.2, 0.25) is 11.2 Å². The quantitative estimate of drug-likeness (QED) is 0.492. The van der Waals surface area contributed by atoms with E-state index >= 15 is 0 Å². The first-order valence-corrected chi connectivity index (χ1v) is 9.87. The lowest BCUT2D eigenvalue weighted by molar-refractivity contribution is -0.144. The number of carbonyl (C=O) groups excluding carboxylic acids is 1. The third kappa shape index (κ3) is 3.48. The molecule has 1 aliphatic rings. The molecule has 162 valence electrons. The third-order valence-corrected chi connectivity index (χ3v) is 5.26. The van der Waals surface area contributed by atoms with Gasteiger partial charge < -0.3 is 19.5 Å². The molecule has 0 radical (unpaired) electrons. The molecular weight excluding hydrogens is 412 g/mol. The molecule has 11 nitrogen and oxygen atoms in total. The number of nitrogens with one attached hydrogen (secondary N) is 1. The van der Waals surface area contributed by atoms with E-state index in [1.807, 2.05) is 0 Å². The average molecular weight is 433 g/mol. The molecule has 0 aromatic carbocycles. The highest BCUT2D eigenvalue weighted by atomic mass is 16.5. The summed E-state index contributed by atoms with van der Waals surface area (Å²) in [5.74, 6) is 0.115.